The van der Waals surface area contributed by atoms with E-state index < -0.39 is 99.6 Å². The second-order valence-corrected chi connectivity index (χ2v) is 5.96. The first-order chi connectivity index (χ1) is 14.3. The predicted molar refractivity (Wildman–Crippen MR) is 78.7 cm³/mol. The zero-order chi connectivity index (χ0) is 24.1. The Bertz CT molecular complexity index is 661. The molecule has 0 saturated heterocycles. The van der Waals surface area contributed by atoms with E-state index in [1.54, 1.807) is 0 Å². The van der Waals surface area contributed by atoms with E-state index in [-0.39, 0.29) is 177 Å². The summed E-state index contributed by atoms with van der Waals surface area (Å²) in [5.41, 5.74) is 0. The van der Waals surface area contributed by atoms with Gasteiger partial charge in [0, 0.05) is 50.3 Å². The molecule has 0 amide bonds. The Morgan fingerprint density at radius 2 is 0.811 bits per heavy atom. The van der Waals surface area contributed by atoms with Crippen molar-refractivity contribution in [1.82, 2.24) is 4.90 Å². The van der Waals surface area contributed by atoms with Gasteiger partial charge in [-0.2, -0.15) is 0 Å². The average Bonchev–Trinajstić information content (AvgIpc) is 2.61. The van der Waals surface area contributed by atoms with Crippen LogP contribution in [0, 0.1) is 0 Å². The second-order valence-electron chi connectivity index (χ2n) is 5.96. The first kappa shape index (κ1) is 55.6. The normalized spacial score (nSPS) is 11.6. The van der Waals surface area contributed by atoms with Crippen molar-refractivity contribution in [2.24, 2.45) is 0 Å². The van der Waals surface area contributed by atoms with Crippen molar-refractivity contribution < 1.29 is 246 Å². The number of hydrogen-bond acceptors (Lipinski definition) is 15. The first-order valence-electron chi connectivity index (χ1n) is 8.54. The Balaban J connectivity index is -0.000000300. The van der Waals surface area contributed by atoms with Gasteiger partial charge in [0.1, 0.15) is 12.2 Å². The molecule has 21 heteroatoms. The van der Waals surface area contributed by atoms with Gasteiger partial charge in [-0.05, 0) is 0 Å². The Hall–Kier alpha value is 2.70. The number of ether oxygens (including phenoxy) is 2. The van der Waals surface area contributed by atoms with Gasteiger partial charge in [-0.3, -0.25) is 4.90 Å². The van der Waals surface area contributed by atoms with Crippen LogP contribution >= 0.6 is 0 Å². The van der Waals surface area contributed by atoms with E-state index in [9.17, 15) is 59.4 Å². The third-order valence-electron chi connectivity index (χ3n) is 3.70. The van der Waals surface area contributed by atoms with Gasteiger partial charge < -0.3 is 68.9 Å². The Morgan fingerprint density at radius 1 is 0.514 bits per heavy atom. The molecule has 15 nitrogen and oxygen atoms in total. The zero-order valence-corrected chi connectivity index (χ0v) is 33.8. The molecular weight excluding hydrogens is 568 g/mol. The molecule has 0 aliphatic heterocycles. The molecule has 0 spiro atoms. The maximum Gasteiger partial charge on any atom is 1.00 e. The molecule has 0 bridgehead atoms. The van der Waals surface area contributed by atoms with Gasteiger partial charge in [-0.1, -0.05) is 0 Å². The Labute approximate surface area is 344 Å². The summed E-state index contributed by atoms with van der Waals surface area (Å²) in [6.45, 7) is -2.29. The van der Waals surface area contributed by atoms with E-state index in [2.05, 4.69) is 0 Å². The van der Waals surface area contributed by atoms with Gasteiger partial charge in [-0.15, -0.1) is 0 Å². The molecule has 0 aromatic carbocycles. The number of nitrogens with zero attached hydrogens (tertiary/aromatic N) is 1. The van der Waals surface area contributed by atoms with Crippen molar-refractivity contribution in [3.8, 4) is 0 Å². The topological polar surface area (TPSA) is 262 Å². The van der Waals surface area contributed by atoms with Crippen molar-refractivity contribution in [1.29, 1.82) is 0 Å². The summed E-state index contributed by atoms with van der Waals surface area (Å²) in [6.07, 6.45) is -7.14. The van der Waals surface area contributed by atoms with E-state index in [4.69, 9.17) is 9.47 Å². The summed E-state index contributed by atoms with van der Waals surface area (Å²) in [6, 6.07) is -1.86. The van der Waals surface area contributed by atoms with Crippen LogP contribution in [0.5, 0.6) is 0 Å². The molecule has 0 aliphatic carbocycles. The zero-order valence-electron chi connectivity index (χ0n) is 21.8. The summed E-state index contributed by atoms with van der Waals surface area (Å²) >= 11 is 0. The summed E-state index contributed by atoms with van der Waals surface area (Å²) in [5, 5.41) is 64.7. The van der Waals surface area contributed by atoms with Crippen LogP contribution in [0.2, 0.25) is 0 Å². The van der Waals surface area contributed by atoms with Crippen LogP contribution in [-0.4, -0.2) is 85.3 Å². The van der Waals surface area contributed by atoms with Gasteiger partial charge in [0.2, 0.25) is 0 Å². The summed E-state index contributed by atoms with van der Waals surface area (Å²) in [7, 11) is 0. The molecule has 0 fully saturated rings. The number of rotatable bonds is 18. The van der Waals surface area contributed by atoms with Crippen LogP contribution in [0.4, 0.5) is 0 Å². The second kappa shape index (κ2) is 31.6. The Kier molecular flexibility index (Phi) is 47.5. The van der Waals surface area contributed by atoms with Crippen molar-refractivity contribution >= 4 is 35.8 Å². The van der Waals surface area contributed by atoms with Gasteiger partial charge in [0.15, 0.2) is 0 Å². The van der Waals surface area contributed by atoms with Crippen LogP contribution in [0.1, 0.15) is 19.3 Å². The van der Waals surface area contributed by atoms with E-state index in [0.29, 0.717) is 0 Å². The first-order valence-corrected chi connectivity index (χ1v) is 8.54. The largest absolute Gasteiger partial charge is 1.00 e. The number of carboxylic acid groups (broad SMARTS) is 6. The fourth-order valence-corrected chi connectivity index (χ4v) is 2.29. The molecule has 176 valence electrons. The smallest absolute Gasteiger partial charge is 0.550 e. The molecule has 0 radical (unpaired) electrons. The standard InChI is InChI=1S/C16H23NO14.6Na/c18-11(19)5-8(14(24)25)17(1-3-30-9(15(26)27)6-12(20)21)2-4-31-10(16(28)29)7-13(22)23;;;;;;/h8-10H,1-7H2,(H,18,19)(H,20,21)(H,22,23)(H,24,25)(H,26,27)(H,28,29);;;;;;/q;6*+1/p-6/t8-,9?,10?;;;;;;/m0....../s1. The number of carbonyl (C=O) groups excluding carboxylic acids is 6. The molecule has 2 unspecified atom stereocenters. The molecular formula is C16H17NNa6O14. The van der Waals surface area contributed by atoms with Crippen molar-refractivity contribution in [2.75, 3.05) is 26.3 Å². The van der Waals surface area contributed by atoms with Crippen LogP contribution in [0.3, 0.4) is 0 Å². The number of carbonyl (C=O) groups is 6. The quantitative estimate of drug-likeness (QED) is 0.135. The summed E-state index contributed by atoms with van der Waals surface area (Å²) < 4.78 is 9.53. The number of carboxylic acids is 6. The van der Waals surface area contributed by atoms with Crippen LogP contribution in [0.15, 0.2) is 0 Å². The summed E-state index contributed by atoms with van der Waals surface area (Å²) in [5.74, 6) is -11.0. The molecule has 0 aromatic rings. The monoisotopic (exact) mass is 585 g/mol. The minimum atomic E-state index is -1.95. The number of aliphatic carboxylic acids is 6. The molecule has 0 N–H and O–H groups in total. The van der Waals surface area contributed by atoms with E-state index in [1.165, 1.54) is 0 Å². The van der Waals surface area contributed by atoms with Crippen LogP contribution < -0.4 is 208 Å². The third kappa shape index (κ3) is 28.6. The SMILES string of the molecule is O=C([O-])CC(OCCN(CCOC(CC(=O)[O-])C(=O)[O-])[C@@H](CC(=O)[O-])C(=O)[O-])C(=O)[O-].[Na+].[Na+].[Na+].[Na+].[Na+].[Na+]. The average molecular weight is 585 g/mol. The molecule has 0 rings (SSSR count). The van der Waals surface area contributed by atoms with E-state index in [1.807, 2.05) is 0 Å². The molecule has 0 aliphatic rings. The maximum atomic E-state index is 11.3. The fourth-order valence-electron chi connectivity index (χ4n) is 2.29. The fraction of sp³-hybridized carbons (Fsp3) is 0.625. The molecule has 3 atom stereocenters. The predicted octanol–water partition coefficient (Wildman–Crippen LogP) is -27.9. The minimum absolute atomic E-state index is 0. The van der Waals surface area contributed by atoms with Gasteiger partial charge in [0.25, 0.3) is 0 Å². The molecule has 0 heterocycles. The van der Waals surface area contributed by atoms with Gasteiger partial charge in [0.05, 0.1) is 37.2 Å². The van der Waals surface area contributed by atoms with Crippen molar-refractivity contribution in [3.05, 3.63) is 0 Å². The molecule has 0 saturated carbocycles. The minimum Gasteiger partial charge on any atom is -0.550 e. The third-order valence-corrected chi connectivity index (χ3v) is 3.70. The van der Waals surface area contributed by atoms with E-state index >= 15 is 0 Å². The van der Waals surface area contributed by atoms with Gasteiger partial charge >= 0.3 is 177 Å². The van der Waals surface area contributed by atoms with Crippen LogP contribution in [-0.2, 0) is 38.2 Å². The van der Waals surface area contributed by atoms with Crippen molar-refractivity contribution in [3.63, 3.8) is 0 Å². The van der Waals surface area contributed by atoms with Crippen molar-refractivity contribution in [2.45, 2.75) is 37.5 Å². The van der Waals surface area contributed by atoms with Gasteiger partial charge in [-0.25, -0.2) is 0 Å². The maximum absolute atomic E-state index is 11.3. The summed E-state index contributed by atoms with van der Waals surface area (Å²) in [4.78, 5) is 65.6. The van der Waals surface area contributed by atoms with E-state index in [0.717, 1.165) is 4.90 Å². The molecule has 0 aromatic heterocycles. The number of hydrogen-bond donors (Lipinski definition) is 0. The Morgan fingerprint density at radius 3 is 1.03 bits per heavy atom. The van der Waals surface area contributed by atoms with Crippen LogP contribution in [0.25, 0.3) is 0 Å². The molecule has 37 heavy (non-hydrogen) atoms.